The first-order valence-corrected chi connectivity index (χ1v) is 12.2. The first kappa shape index (κ1) is 29.2. The van der Waals surface area contributed by atoms with Crippen molar-refractivity contribution in [1.29, 1.82) is 0 Å². The van der Waals surface area contributed by atoms with Gasteiger partial charge in [-0.15, -0.1) is 0 Å². The Kier molecular flexibility index (Phi) is 9.71. The second-order valence-electron chi connectivity index (χ2n) is 9.57. The van der Waals surface area contributed by atoms with Gasteiger partial charge in [0.25, 0.3) is 11.9 Å². The Labute approximate surface area is 224 Å². The van der Waals surface area contributed by atoms with E-state index in [-0.39, 0.29) is 24.5 Å². The van der Waals surface area contributed by atoms with E-state index < -0.39 is 67.3 Å². The number of rotatable bonds is 12. The highest BCUT2D eigenvalue weighted by Crippen LogP contribution is 2.30. The number of benzene rings is 1. The molecular weight excluding hydrogens is 511 g/mol. The maximum absolute atomic E-state index is 13.5. The minimum Gasteiger partial charge on any atom is -0.508 e. The highest BCUT2D eigenvalue weighted by molar-refractivity contribution is 6.50. The lowest BCUT2D eigenvalue weighted by atomic mass is 9.70. The van der Waals surface area contributed by atoms with Gasteiger partial charge in [0.2, 0.25) is 5.91 Å². The predicted molar refractivity (Wildman–Crippen MR) is 135 cm³/mol. The number of hydrogen-bond acceptors (Lipinski definition) is 9. The average Bonchev–Trinajstić information content (AvgIpc) is 2.87. The summed E-state index contributed by atoms with van der Waals surface area (Å²) in [6, 6.07) is 7.80. The Morgan fingerprint density at radius 1 is 1.10 bits per heavy atom. The van der Waals surface area contributed by atoms with Crippen LogP contribution in [0.25, 0.3) is 0 Å². The lowest BCUT2D eigenvalue weighted by molar-refractivity contribution is -0.175. The third kappa shape index (κ3) is 8.08. The molecule has 13 nitrogen and oxygen atoms in total. The van der Waals surface area contributed by atoms with Crippen molar-refractivity contribution in [2.24, 2.45) is 5.92 Å². The van der Waals surface area contributed by atoms with E-state index in [9.17, 15) is 34.2 Å². The maximum Gasteiger partial charge on any atom is 0.552 e. The van der Waals surface area contributed by atoms with Crippen molar-refractivity contribution >= 4 is 36.8 Å². The molecule has 206 valence electrons. The summed E-state index contributed by atoms with van der Waals surface area (Å²) < 4.78 is 10.8. The van der Waals surface area contributed by atoms with Crippen LogP contribution in [-0.2, 0) is 34.9 Å². The van der Waals surface area contributed by atoms with Crippen LogP contribution in [0, 0.1) is 5.92 Å². The molecule has 3 atom stereocenters. The highest BCUT2D eigenvalue weighted by Gasteiger charge is 2.55. The van der Waals surface area contributed by atoms with Crippen molar-refractivity contribution in [1.82, 2.24) is 20.6 Å². The first-order valence-electron chi connectivity index (χ1n) is 12.2. The number of hydrogen-bond donors (Lipinski definition) is 4. The Morgan fingerprint density at radius 2 is 1.82 bits per heavy atom. The zero-order valence-corrected chi connectivity index (χ0v) is 21.4. The van der Waals surface area contributed by atoms with E-state index in [1.54, 1.807) is 30.3 Å². The third-order valence-electron chi connectivity index (χ3n) is 5.93. The number of carboxylic acid groups (broad SMARTS) is 2. The fraction of sp³-hybridized carbons (Fsp3) is 0.400. The minimum absolute atomic E-state index is 0.00783. The van der Waals surface area contributed by atoms with Crippen molar-refractivity contribution in [2.75, 3.05) is 0 Å². The molecule has 1 saturated heterocycles. The van der Waals surface area contributed by atoms with E-state index in [4.69, 9.17) is 9.31 Å². The van der Waals surface area contributed by atoms with Crippen LogP contribution in [0.2, 0.25) is 0 Å². The van der Waals surface area contributed by atoms with E-state index in [0.717, 1.165) is 5.56 Å². The summed E-state index contributed by atoms with van der Waals surface area (Å²) in [6.07, 6.45) is 2.46. The molecule has 1 aromatic carbocycles. The topological polar surface area (TPSA) is 194 Å². The molecule has 1 fully saturated rings. The minimum atomic E-state index is -2.37. The zero-order chi connectivity index (χ0) is 28.6. The SMILES string of the molecule is CC(C)C[C@H](NC(=O)C(Cc1ccccc1)NC(=O)c1cnccn1)B1OC(=O)CC(CC(=O)O)(C(=O)O)O1. The van der Waals surface area contributed by atoms with Gasteiger partial charge in [0.15, 0.2) is 5.60 Å². The fourth-order valence-corrected chi connectivity index (χ4v) is 4.14. The van der Waals surface area contributed by atoms with Crippen molar-refractivity contribution < 1.29 is 43.5 Å². The second kappa shape index (κ2) is 13.0. The maximum atomic E-state index is 13.5. The van der Waals surface area contributed by atoms with Crippen LogP contribution >= 0.6 is 0 Å². The van der Waals surface area contributed by atoms with Crippen molar-refractivity contribution in [3.63, 3.8) is 0 Å². The number of nitrogens with zero attached hydrogens (tertiary/aromatic N) is 2. The molecule has 1 aliphatic rings. The van der Waals surface area contributed by atoms with Crippen LogP contribution in [-0.4, -0.2) is 74.6 Å². The van der Waals surface area contributed by atoms with Crippen molar-refractivity contribution in [3.05, 3.63) is 60.2 Å². The van der Waals surface area contributed by atoms with E-state index in [1.807, 2.05) is 13.8 Å². The molecule has 0 aliphatic carbocycles. The number of carboxylic acids is 2. The first-order chi connectivity index (χ1) is 18.5. The van der Waals surface area contributed by atoms with Gasteiger partial charge in [0.05, 0.1) is 25.0 Å². The molecule has 0 radical (unpaired) electrons. The fourth-order valence-electron chi connectivity index (χ4n) is 4.14. The molecule has 39 heavy (non-hydrogen) atoms. The van der Waals surface area contributed by atoms with Gasteiger partial charge in [-0.1, -0.05) is 44.2 Å². The summed E-state index contributed by atoms with van der Waals surface area (Å²) in [7, 11) is -1.58. The molecule has 3 rings (SSSR count). The molecule has 0 spiro atoms. The highest BCUT2D eigenvalue weighted by atomic mass is 16.6. The van der Waals surface area contributed by atoms with Gasteiger partial charge in [-0.25, -0.2) is 9.78 Å². The number of nitrogens with one attached hydrogen (secondary N) is 2. The largest absolute Gasteiger partial charge is 0.552 e. The number of amides is 2. The molecular formula is C25H29BN4O9. The lowest BCUT2D eigenvalue weighted by Gasteiger charge is -2.38. The van der Waals surface area contributed by atoms with E-state index >= 15 is 0 Å². The van der Waals surface area contributed by atoms with Crippen LogP contribution in [0.4, 0.5) is 0 Å². The van der Waals surface area contributed by atoms with E-state index in [0.29, 0.717) is 0 Å². The van der Waals surface area contributed by atoms with Crippen LogP contribution in [0.15, 0.2) is 48.9 Å². The summed E-state index contributed by atoms with van der Waals surface area (Å²) >= 11 is 0. The smallest absolute Gasteiger partial charge is 0.508 e. The summed E-state index contributed by atoms with van der Waals surface area (Å²) in [5.41, 5.74) is -1.63. The van der Waals surface area contributed by atoms with Gasteiger partial charge in [-0.05, 0) is 17.9 Å². The van der Waals surface area contributed by atoms with Gasteiger partial charge < -0.3 is 30.2 Å². The van der Waals surface area contributed by atoms with Crippen LogP contribution in [0.3, 0.4) is 0 Å². The number of carbonyl (C=O) groups is 5. The molecule has 2 amide bonds. The Morgan fingerprint density at radius 3 is 2.41 bits per heavy atom. The molecule has 2 unspecified atom stereocenters. The van der Waals surface area contributed by atoms with Crippen LogP contribution in [0.5, 0.6) is 0 Å². The van der Waals surface area contributed by atoms with Crippen molar-refractivity contribution in [3.8, 4) is 0 Å². The summed E-state index contributed by atoms with van der Waals surface area (Å²) in [6.45, 7) is 3.64. The third-order valence-corrected chi connectivity index (χ3v) is 5.93. The molecule has 2 aromatic rings. The van der Waals surface area contributed by atoms with Gasteiger partial charge in [0, 0.05) is 18.8 Å². The Hall–Kier alpha value is -4.33. The molecule has 0 saturated carbocycles. The van der Waals surface area contributed by atoms with Crippen LogP contribution < -0.4 is 10.6 Å². The standard InChI is InChI=1S/C25H29BN4O9/c1-15(2)10-19(26-38-21(33)13-25(39-26,24(36)37)12-20(31)32)30-22(34)17(11-16-6-4-3-5-7-16)29-23(35)18-14-27-8-9-28-18/h3-9,14-15,17,19H,10-13H2,1-2H3,(H,29,35)(H,30,34)(H,31,32)(H,36,37)/t17?,19-,25?/m0/s1. The van der Waals surface area contributed by atoms with E-state index in [1.165, 1.54) is 18.6 Å². The molecule has 0 bridgehead atoms. The average molecular weight is 540 g/mol. The Bertz CT molecular complexity index is 1190. The van der Waals surface area contributed by atoms with Gasteiger partial charge in [-0.2, -0.15) is 0 Å². The quantitative estimate of drug-likeness (QED) is 0.276. The molecule has 14 heteroatoms. The van der Waals surface area contributed by atoms with E-state index in [2.05, 4.69) is 20.6 Å². The number of aliphatic carboxylic acids is 2. The van der Waals surface area contributed by atoms with Crippen LogP contribution in [0.1, 0.15) is 49.2 Å². The van der Waals surface area contributed by atoms with Gasteiger partial charge in [-0.3, -0.25) is 24.2 Å². The molecule has 1 aliphatic heterocycles. The van der Waals surface area contributed by atoms with Gasteiger partial charge in [0.1, 0.15) is 11.7 Å². The van der Waals surface area contributed by atoms with Crippen molar-refractivity contribution in [2.45, 2.75) is 57.1 Å². The summed E-state index contributed by atoms with van der Waals surface area (Å²) in [4.78, 5) is 69.9. The predicted octanol–water partition coefficient (Wildman–Crippen LogP) is 0.638. The Balaban J connectivity index is 1.87. The molecule has 1 aromatic heterocycles. The second-order valence-corrected chi connectivity index (χ2v) is 9.57. The number of carbonyl (C=O) groups excluding carboxylic acids is 3. The summed E-state index contributed by atoms with van der Waals surface area (Å²) in [5, 5.41) is 24.3. The lowest BCUT2D eigenvalue weighted by Crippen LogP contribution is -2.62. The molecule has 2 heterocycles. The monoisotopic (exact) mass is 540 g/mol. The molecule has 4 N–H and O–H groups in total. The van der Waals surface area contributed by atoms with Gasteiger partial charge >= 0.3 is 19.1 Å². The zero-order valence-electron chi connectivity index (χ0n) is 21.4. The normalized spacial score (nSPS) is 18.5. The number of aromatic nitrogens is 2. The summed E-state index contributed by atoms with van der Waals surface area (Å²) in [5.74, 6) is -6.54.